The van der Waals surface area contributed by atoms with Gasteiger partial charge in [-0.15, -0.1) is 5.10 Å². The second-order valence-corrected chi connectivity index (χ2v) is 8.68. The first-order chi connectivity index (χ1) is 15.7. The van der Waals surface area contributed by atoms with E-state index in [2.05, 4.69) is 23.9 Å². The normalized spacial score (nSPS) is 14.4. The molecule has 3 rings (SSSR count). The van der Waals surface area contributed by atoms with Gasteiger partial charge in [0.15, 0.2) is 0 Å². The summed E-state index contributed by atoms with van der Waals surface area (Å²) in [6, 6.07) is 7.91. The Morgan fingerprint density at radius 1 is 1.18 bits per heavy atom. The van der Waals surface area contributed by atoms with Crippen LogP contribution in [0.4, 0.5) is 0 Å². The van der Waals surface area contributed by atoms with Crippen molar-refractivity contribution in [3.8, 4) is 5.69 Å². The predicted molar refractivity (Wildman–Crippen MR) is 123 cm³/mol. The lowest BCUT2D eigenvalue weighted by Gasteiger charge is -2.31. The van der Waals surface area contributed by atoms with E-state index in [-0.39, 0.29) is 36.1 Å². The zero-order valence-corrected chi connectivity index (χ0v) is 20.1. The summed E-state index contributed by atoms with van der Waals surface area (Å²) in [4.78, 5) is 45.0. The summed E-state index contributed by atoms with van der Waals surface area (Å²) in [5.74, 6) is 0.0149. The summed E-state index contributed by atoms with van der Waals surface area (Å²) in [6.45, 7) is 9.03. The second kappa shape index (κ2) is 10.6. The molecule has 1 aromatic heterocycles. The molecule has 2 heterocycles. The van der Waals surface area contributed by atoms with Crippen LogP contribution in [0.3, 0.4) is 0 Å². The number of nitrogens with zero attached hydrogens (tertiary/aromatic N) is 5. The van der Waals surface area contributed by atoms with E-state index in [0.29, 0.717) is 38.4 Å². The Labute approximate surface area is 194 Å². The Hall–Kier alpha value is -3.23. The number of likely N-dealkylation sites (tertiary alicyclic amines) is 1. The maximum atomic E-state index is 12.9. The van der Waals surface area contributed by atoms with Crippen molar-refractivity contribution in [1.82, 2.24) is 24.6 Å². The summed E-state index contributed by atoms with van der Waals surface area (Å²) in [6.07, 6.45) is 1.14. The van der Waals surface area contributed by atoms with Crippen molar-refractivity contribution in [2.24, 2.45) is 5.92 Å². The number of aromatic nitrogens is 3. The number of hydrogen-bond acceptors (Lipinski definition) is 6. The molecule has 1 fully saturated rings. The predicted octanol–water partition coefficient (Wildman–Crippen LogP) is 2.57. The molecule has 2 amide bonds. The number of ether oxygens (including phenoxy) is 1. The lowest BCUT2D eigenvalue weighted by atomic mass is 9.97. The van der Waals surface area contributed by atoms with E-state index in [9.17, 15) is 14.4 Å². The third-order valence-electron chi connectivity index (χ3n) is 5.93. The maximum Gasteiger partial charge on any atom is 0.309 e. The molecule has 0 unspecified atom stereocenters. The van der Waals surface area contributed by atoms with Gasteiger partial charge in [-0.05, 0) is 44.2 Å². The van der Waals surface area contributed by atoms with E-state index in [4.69, 9.17) is 4.74 Å². The highest BCUT2D eigenvalue weighted by Gasteiger charge is 2.29. The Morgan fingerprint density at radius 3 is 2.48 bits per heavy atom. The number of aryl methyl sites for hydroxylation is 1. The summed E-state index contributed by atoms with van der Waals surface area (Å²) in [5, 5.41) is 4.45. The van der Waals surface area contributed by atoms with Crippen LogP contribution in [0.1, 0.15) is 61.5 Å². The molecule has 2 aromatic rings. The number of esters is 1. The molecule has 0 bridgehead atoms. The zero-order valence-electron chi connectivity index (χ0n) is 20.1. The largest absolute Gasteiger partial charge is 0.466 e. The molecule has 1 saturated heterocycles. The first-order valence-electron chi connectivity index (χ1n) is 11.5. The lowest BCUT2D eigenvalue weighted by molar-refractivity contribution is -0.151. The molecular formula is C24H33N5O4. The van der Waals surface area contributed by atoms with Gasteiger partial charge in [-0.3, -0.25) is 14.4 Å². The van der Waals surface area contributed by atoms with Gasteiger partial charge in [-0.1, -0.05) is 32.0 Å². The number of piperidine rings is 1. The quantitative estimate of drug-likeness (QED) is 0.595. The minimum Gasteiger partial charge on any atom is -0.466 e. The number of benzene rings is 1. The van der Waals surface area contributed by atoms with Gasteiger partial charge in [0, 0.05) is 20.1 Å². The van der Waals surface area contributed by atoms with Crippen LogP contribution >= 0.6 is 0 Å². The van der Waals surface area contributed by atoms with E-state index in [1.54, 1.807) is 30.5 Å². The fourth-order valence-corrected chi connectivity index (χ4v) is 4.05. The fourth-order valence-electron chi connectivity index (χ4n) is 4.05. The van der Waals surface area contributed by atoms with Gasteiger partial charge in [0.05, 0.1) is 24.8 Å². The molecule has 0 radical (unpaired) electrons. The zero-order chi connectivity index (χ0) is 24.1. The summed E-state index contributed by atoms with van der Waals surface area (Å²) in [5.41, 5.74) is 2.00. The molecule has 0 N–H and O–H groups in total. The molecule has 1 aliphatic rings. The minimum absolute atomic E-state index is 0.0578. The lowest BCUT2D eigenvalue weighted by Crippen LogP contribution is -2.45. The van der Waals surface area contributed by atoms with Gasteiger partial charge in [0.25, 0.3) is 5.91 Å². The van der Waals surface area contributed by atoms with Crippen molar-refractivity contribution in [3.63, 3.8) is 0 Å². The van der Waals surface area contributed by atoms with Crippen LogP contribution in [-0.2, 0) is 14.3 Å². The first kappa shape index (κ1) is 24.4. The van der Waals surface area contributed by atoms with Gasteiger partial charge in [-0.2, -0.15) is 0 Å². The molecule has 0 spiro atoms. The average molecular weight is 456 g/mol. The highest BCUT2D eigenvalue weighted by atomic mass is 16.5. The van der Waals surface area contributed by atoms with E-state index < -0.39 is 5.91 Å². The van der Waals surface area contributed by atoms with Gasteiger partial charge in [0.2, 0.25) is 11.7 Å². The molecule has 0 atom stereocenters. The Morgan fingerprint density at radius 2 is 1.85 bits per heavy atom. The number of carbonyl (C=O) groups is 3. The number of para-hydroxylation sites is 1. The van der Waals surface area contributed by atoms with Crippen molar-refractivity contribution in [2.75, 3.05) is 33.3 Å². The third kappa shape index (κ3) is 5.58. The standard InChI is InChI=1S/C24H33N5O4/c1-6-33-24(32)18-11-13-28(14-12-18)21(30)15-27(5)23(31)22-25-17(4)29(26-22)20-10-8-7-9-19(20)16(2)3/h7-10,16,18H,6,11-15H2,1-5H3. The van der Waals surface area contributed by atoms with Crippen LogP contribution in [0.25, 0.3) is 5.69 Å². The van der Waals surface area contributed by atoms with E-state index in [1.807, 2.05) is 24.3 Å². The van der Waals surface area contributed by atoms with Gasteiger partial charge in [0.1, 0.15) is 5.82 Å². The van der Waals surface area contributed by atoms with Crippen LogP contribution in [0, 0.1) is 12.8 Å². The van der Waals surface area contributed by atoms with Crippen molar-refractivity contribution in [3.05, 3.63) is 41.5 Å². The number of rotatable bonds is 7. The fraction of sp³-hybridized carbons (Fsp3) is 0.542. The van der Waals surface area contributed by atoms with Crippen molar-refractivity contribution >= 4 is 17.8 Å². The van der Waals surface area contributed by atoms with Crippen molar-refractivity contribution in [1.29, 1.82) is 0 Å². The van der Waals surface area contributed by atoms with Crippen LogP contribution < -0.4 is 0 Å². The van der Waals surface area contributed by atoms with Crippen molar-refractivity contribution < 1.29 is 19.1 Å². The maximum absolute atomic E-state index is 12.9. The molecular weight excluding hydrogens is 422 g/mol. The molecule has 1 aromatic carbocycles. The number of amides is 2. The number of carbonyl (C=O) groups excluding carboxylic acids is 3. The summed E-state index contributed by atoms with van der Waals surface area (Å²) < 4.78 is 6.75. The topological polar surface area (TPSA) is 97.6 Å². The second-order valence-electron chi connectivity index (χ2n) is 8.68. The van der Waals surface area contributed by atoms with Gasteiger partial charge >= 0.3 is 5.97 Å². The van der Waals surface area contributed by atoms with E-state index in [1.165, 1.54) is 4.90 Å². The summed E-state index contributed by atoms with van der Waals surface area (Å²) >= 11 is 0. The smallest absolute Gasteiger partial charge is 0.309 e. The van der Waals surface area contributed by atoms with Gasteiger partial charge < -0.3 is 14.5 Å². The average Bonchev–Trinajstić information content (AvgIpc) is 3.20. The van der Waals surface area contributed by atoms with Crippen LogP contribution in [-0.4, -0.2) is 75.6 Å². The van der Waals surface area contributed by atoms with E-state index in [0.717, 1.165) is 11.3 Å². The molecule has 0 aliphatic carbocycles. The van der Waals surface area contributed by atoms with E-state index >= 15 is 0 Å². The molecule has 9 heteroatoms. The molecule has 1 aliphatic heterocycles. The molecule has 178 valence electrons. The highest BCUT2D eigenvalue weighted by molar-refractivity contribution is 5.93. The van der Waals surface area contributed by atoms with Crippen LogP contribution in [0.2, 0.25) is 0 Å². The van der Waals surface area contributed by atoms with Crippen LogP contribution in [0.15, 0.2) is 24.3 Å². The first-order valence-corrected chi connectivity index (χ1v) is 11.5. The van der Waals surface area contributed by atoms with Crippen molar-refractivity contribution in [2.45, 2.75) is 46.5 Å². The van der Waals surface area contributed by atoms with Crippen LogP contribution in [0.5, 0.6) is 0 Å². The minimum atomic E-state index is -0.409. The molecule has 0 saturated carbocycles. The third-order valence-corrected chi connectivity index (χ3v) is 5.93. The monoisotopic (exact) mass is 455 g/mol. The molecule has 33 heavy (non-hydrogen) atoms. The molecule has 9 nitrogen and oxygen atoms in total. The highest BCUT2D eigenvalue weighted by Crippen LogP contribution is 2.23. The Bertz CT molecular complexity index is 1010. The Kier molecular flexibility index (Phi) is 7.84. The Balaban J connectivity index is 1.64. The number of hydrogen-bond donors (Lipinski definition) is 0. The van der Waals surface area contributed by atoms with Gasteiger partial charge in [-0.25, -0.2) is 9.67 Å². The number of likely N-dealkylation sites (N-methyl/N-ethyl adjacent to an activating group) is 1. The SMILES string of the molecule is CCOC(=O)C1CCN(C(=O)CN(C)C(=O)c2nc(C)n(-c3ccccc3C(C)C)n2)CC1. The summed E-state index contributed by atoms with van der Waals surface area (Å²) in [7, 11) is 1.57.